The largest absolute Gasteiger partial charge is 0.402 e. The number of allylic oxidation sites excluding steroid dienone is 4. The fraction of sp³-hybridized carbons (Fsp3) is 0.522. The molecule has 2 N–H and O–H groups in total. The van der Waals surface area contributed by atoms with Crippen LogP contribution in [-0.4, -0.2) is 12.8 Å². The molecular weight excluding hydrogens is 304 g/mol. The molecule has 1 aliphatic carbocycles. The maximum atomic E-state index is 6.12. The number of hydrogen-bond acceptors (Lipinski definition) is 2. The third-order valence-corrected chi connectivity index (χ3v) is 5.14. The van der Waals surface area contributed by atoms with Crippen molar-refractivity contribution in [3.8, 4) is 0 Å². The van der Waals surface area contributed by atoms with E-state index in [-0.39, 0.29) is 0 Å². The van der Waals surface area contributed by atoms with E-state index in [1.165, 1.54) is 40.7 Å². The molecule has 1 fully saturated rings. The third-order valence-electron chi connectivity index (χ3n) is 5.14. The second-order valence-corrected chi connectivity index (χ2v) is 7.97. The highest BCUT2D eigenvalue weighted by molar-refractivity contribution is 5.81. The Hall–Kier alpha value is -1.83. The van der Waals surface area contributed by atoms with Gasteiger partial charge in [0.15, 0.2) is 0 Å². The van der Waals surface area contributed by atoms with Crippen LogP contribution in [0, 0.1) is 12.8 Å². The van der Waals surface area contributed by atoms with Crippen molar-refractivity contribution in [1.29, 1.82) is 0 Å². The summed E-state index contributed by atoms with van der Waals surface area (Å²) in [6.45, 7) is 14.1. The quantitative estimate of drug-likeness (QED) is 0.607. The molecule has 1 saturated carbocycles. The number of rotatable bonds is 7. The van der Waals surface area contributed by atoms with Gasteiger partial charge in [-0.2, -0.15) is 0 Å². The number of hydrogen-bond donors (Lipinski definition) is 1. The molecule has 2 heteroatoms. The van der Waals surface area contributed by atoms with Crippen LogP contribution < -0.4 is 5.73 Å². The third kappa shape index (κ3) is 5.59. The van der Waals surface area contributed by atoms with Crippen LogP contribution in [0.4, 0.5) is 0 Å². The van der Waals surface area contributed by atoms with Gasteiger partial charge in [-0.3, -0.25) is 4.99 Å². The molecule has 0 amide bonds. The predicted molar refractivity (Wildman–Crippen MR) is 111 cm³/mol. The maximum absolute atomic E-state index is 6.12. The monoisotopic (exact) mass is 338 g/mol. The minimum atomic E-state index is 0.518. The summed E-state index contributed by atoms with van der Waals surface area (Å²) in [5.41, 5.74) is 15.0. The zero-order chi connectivity index (χ0) is 18.6. The van der Waals surface area contributed by atoms with E-state index in [1.54, 1.807) is 0 Å². The molecule has 0 heterocycles. The van der Waals surface area contributed by atoms with E-state index in [0.29, 0.717) is 5.92 Å². The molecule has 0 bridgehead atoms. The Kier molecular flexibility index (Phi) is 6.64. The zero-order valence-corrected chi connectivity index (χ0v) is 16.8. The summed E-state index contributed by atoms with van der Waals surface area (Å²) in [6, 6.07) is 6.79. The normalized spacial score (nSPS) is 17.1. The van der Waals surface area contributed by atoms with Gasteiger partial charge >= 0.3 is 0 Å². The summed E-state index contributed by atoms with van der Waals surface area (Å²) in [4.78, 5) is 4.61. The summed E-state index contributed by atoms with van der Waals surface area (Å²) in [7, 11) is 0. The van der Waals surface area contributed by atoms with Gasteiger partial charge in [0.2, 0.25) is 0 Å². The molecule has 136 valence electrons. The number of aryl methyl sites for hydroxylation is 1. The van der Waals surface area contributed by atoms with E-state index in [9.17, 15) is 0 Å². The van der Waals surface area contributed by atoms with Gasteiger partial charge in [0.1, 0.15) is 0 Å². The minimum absolute atomic E-state index is 0.518. The minimum Gasteiger partial charge on any atom is -0.402 e. The summed E-state index contributed by atoms with van der Waals surface area (Å²) < 4.78 is 0. The lowest BCUT2D eigenvalue weighted by Crippen LogP contribution is -2.03. The Morgan fingerprint density at radius 2 is 1.92 bits per heavy atom. The van der Waals surface area contributed by atoms with E-state index in [4.69, 9.17) is 5.73 Å². The number of nitrogens with zero attached hydrogens (tertiary/aromatic N) is 1. The summed E-state index contributed by atoms with van der Waals surface area (Å²) in [5, 5.41) is 0. The first-order chi connectivity index (χ1) is 11.8. The molecule has 1 aromatic carbocycles. The molecule has 0 atom stereocenters. The average Bonchev–Trinajstić information content (AvgIpc) is 3.37. The van der Waals surface area contributed by atoms with Crippen LogP contribution in [0.5, 0.6) is 0 Å². The highest BCUT2D eigenvalue weighted by atomic mass is 14.7. The molecule has 25 heavy (non-hydrogen) atoms. The molecule has 2 nitrogen and oxygen atoms in total. The zero-order valence-electron chi connectivity index (χ0n) is 16.8. The van der Waals surface area contributed by atoms with Gasteiger partial charge in [-0.1, -0.05) is 43.2 Å². The van der Waals surface area contributed by atoms with Crippen molar-refractivity contribution >= 4 is 11.8 Å². The highest BCUT2D eigenvalue weighted by Gasteiger charge is 2.20. The SMILES string of the molecule is CC(N)=C(C=NCC1CC1)C/C(C)=C(/C)c1ccc(C)cc1C(C)C. The smallest absolute Gasteiger partial charge is 0.0417 e. The molecule has 0 spiro atoms. The molecule has 0 aliphatic heterocycles. The van der Waals surface area contributed by atoms with Gasteiger partial charge in [0.25, 0.3) is 0 Å². The predicted octanol–water partition coefficient (Wildman–Crippen LogP) is 6.02. The van der Waals surface area contributed by atoms with Crippen LogP contribution in [0.3, 0.4) is 0 Å². The molecule has 2 rings (SSSR count). The van der Waals surface area contributed by atoms with Crippen LogP contribution in [0.15, 0.2) is 40.0 Å². The fourth-order valence-corrected chi connectivity index (χ4v) is 3.05. The first-order valence-electron chi connectivity index (χ1n) is 9.52. The number of aliphatic imine (C=N–C) groups is 1. The Labute approximate surface area is 153 Å². The van der Waals surface area contributed by atoms with Gasteiger partial charge in [-0.15, -0.1) is 0 Å². The lowest BCUT2D eigenvalue weighted by molar-refractivity contribution is 0.850. The standard InChI is InChI=1S/C23H34N2/c1-15(2)23-11-16(3)7-10-22(23)18(5)17(4)12-21(19(6)24)14-25-13-20-8-9-20/h7,10-11,14-15,20H,8-9,12-13,24H2,1-6H3/b18-17-,21-19?,25-14?. The van der Waals surface area contributed by atoms with Gasteiger partial charge in [-0.05, 0) is 81.1 Å². The van der Waals surface area contributed by atoms with Crippen molar-refractivity contribution < 1.29 is 0 Å². The Bertz CT molecular complexity index is 697. The molecular formula is C23H34N2. The van der Waals surface area contributed by atoms with E-state index >= 15 is 0 Å². The summed E-state index contributed by atoms with van der Waals surface area (Å²) >= 11 is 0. The first-order valence-corrected chi connectivity index (χ1v) is 9.52. The van der Waals surface area contributed by atoms with Gasteiger partial charge < -0.3 is 5.73 Å². The first kappa shape index (κ1) is 19.5. The Morgan fingerprint density at radius 1 is 1.24 bits per heavy atom. The van der Waals surface area contributed by atoms with Crippen LogP contribution in [0.2, 0.25) is 0 Å². The molecule has 0 unspecified atom stereocenters. The van der Waals surface area contributed by atoms with Crippen molar-refractivity contribution in [1.82, 2.24) is 0 Å². The lowest BCUT2D eigenvalue weighted by atomic mass is 9.88. The van der Waals surface area contributed by atoms with Crippen molar-refractivity contribution in [2.24, 2.45) is 16.6 Å². The second kappa shape index (κ2) is 8.51. The molecule has 1 aliphatic rings. The van der Waals surface area contributed by atoms with E-state index in [0.717, 1.165) is 30.2 Å². The Morgan fingerprint density at radius 3 is 2.48 bits per heavy atom. The van der Waals surface area contributed by atoms with Crippen LogP contribution in [0.1, 0.15) is 76.5 Å². The topological polar surface area (TPSA) is 38.4 Å². The van der Waals surface area contributed by atoms with E-state index < -0.39 is 0 Å². The summed E-state index contributed by atoms with van der Waals surface area (Å²) in [5.74, 6) is 1.33. The highest BCUT2D eigenvalue weighted by Crippen LogP contribution is 2.31. The van der Waals surface area contributed by atoms with Crippen LogP contribution in [-0.2, 0) is 0 Å². The van der Waals surface area contributed by atoms with E-state index in [2.05, 4.69) is 57.8 Å². The van der Waals surface area contributed by atoms with Gasteiger partial charge in [-0.25, -0.2) is 0 Å². The maximum Gasteiger partial charge on any atom is 0.0417 e. The van der Waals surface area contributed by atoms with E-state index in [1.807, 2.05) is 13.1 Å². The van der Waals surface area contributed by atoms with Crippen molar-refractivity contribution in [2.75, 3.05) is 6.54 Å². The van der Waals surface area contributed by atoms with Gasteiger partial charge in [0.05, 0.1) is 0 Å². The molecule has 0 radical (unpaired) electrons. The fourth-order valence-electron chi connectivity index (χ4n) is 3.05. The number of nitrogens with two attached hydrogens (primary N) is 1. The molecule has 0 aromatic heterocycles. The van der Waals surface area contributed by atoms with Crippen molar-refractivity contribution in [3.05, 3.63) is 51.7 Å². The second-order valence-electron chi connectivity index (χ2n) is 7.97. The van der Waals surface area contributed by atoms with Crippen molar-refractivity contribution in [2.45, 2.75) is 66.7 Å². The van der Waals surface area contributed by atoms with Crippen LogP contribution in [0.25, 0.3) is 5.57 Å². The number of benzene rings is 1. The average molecular weight is 339 g/mol. The molecule has 0 saturated heterocycles. The lowest BCUT2D eigenvalue weighted by Gasteiger charge is -2.17. The van der Waals surface area contributed by atoms with Crippen molar-refractivity contribution in [3.63, 3.8) is 0 Å². The van der Waals surface area contributed by atoms with Gasteiger partial charge in [0, 0.05) is 18.5 Å². The summed E-state index contributed by atoms with van der Waals surface area (Å²) in [6.07, 6.45) is 5.54. The molecule has 1 aromatic rings. The van der Waals surface area contributed by atoms with Crippen LogP contribution >= 0.6 is 0 Å². The Balaban J connectivity index is 2.25.